The predicted octanol–water partition coefficient (Wildman–Crippen LogP) is 1.26. The maximum absolute atomic E-state index is 11.7. The number of likely N-dealkylation sites (tertiary alicyclic amines) is 2. The number of carbonyl (C=O) groups is 1. The maximum Gasteiger partial charge on any atom is 0.224 e. The highest BCUT2D eigenvalue weighted by molar-refractivity contribution is 7.09. The summed E-state index contributed by atoms with van der Waals surface area (Å²) < 4.78 is 0. The minimum Gasteiger partial charge on any atom is -0.341 e. The van der Waals surface area contributed by atoms with Crippen molar-refractivity contribution < 1.29 is 4.79 Å². The number of thiazole rings is 1. The summed E-state index contributed by atoms with van der Waals surface area (Å²) in [4.78, 5) is 20.5. The molecule has 4 nitrogen and oxygen atoms in total. The van der Waals surface area contributed by atoms with Gasteiger partial charge >= 0.3 is 0 Å². The molecule has 0 spiro atoms. The highest BCUT2D eigenvalue weighted by Crippen LogP contribution is 2.32. The van der Waals surface area contributed by atoms with Gasteiger partial charge in [0.1, 0.15) is 0 Å². The van der Waals surface area contributed by atoms with E-state index in [-0.39, 0.29) is 0 Å². The Hall–Kier alpha value is -0.940. The van der Waals surface area contributed by atoms with E-state index < -0.39 is 0 Å². The minimum absolute atomic E-state index is 0.291. The Bertz CT molecular complexity index is 445. The lowest BCUT2D eigenvalue weighted by atomic mass is 10.1. The lowest BCUT2D eigenvalue weighted by Crippen LogP contribution is -2.34. The number of nitrogens with zero attached hydrogens (tertiary/aromatic N) is 3. The van der Waals surface area contributed by atoms with Gasteiger partial charge in [-0.3, -0.25) is 9.69 Å². The number of fused-ring (bicyclic) bond motifs is 1. The number of hydrogen-bond donors (Lipinski definition) is 0. The predicted molar refractivity (Wildman–Crippen MR) is 66.8 cm³/mol. The standard InChI is InChI=1S/C12H17N3OS/c1-8-13-9(7-17-8)6-15-4-3-10-11(15)5-12(16)14(10)2/h7,10-11H,3-6H2,1-2H3/t10-,11-/m0/s1. The number of amides is 1. The van der Waals surface area contributed by atoms with E-state index in [0.29, 0.717) is 24.4 Å². The molecule has 2 saturated heterocycles. The monoisotopic (exact) mass is 251 g/mol. The van der Waals surface area contributed by atoms with Crippen LogP contribution in [0.1, 0.15) is 23.5 Å². The molecule has 1 aromatic heterocycles. The van der Waals surface area contributed by atoms with Gasteiger partial charge in [0, 0.05) is 44.0 Å². The molecule has 0 saturated carbocycles. The quantitative estimate of drug-likeness (QED) is 0.794. The Labute approximate surface area is 105 Å². The van der Waals surface area contributed by atoms with Gasteiger partial charge in [0.2, 0.25) is 5.91 Å². The van der Waals surface area contributed by atoms with Crippen molar-refractivity contribution in [1.29, 1.82) is 0 Å². The molecule has 92 valence electrons. The zero-order valence-corrected chi connectivity index (χ0v) is 11.0. The summed E-state index contributed by atoms with van der Waals surface area (Å²) in [6, 6.07) is 0.844. The van der Waals surface area contributed by atoms with Crippen LogP contribution in [0.3, 0.4) is 0 Å². The van der Waals surface area contributed by atoms with Crippen LogP contribution >= 0.6 is 11.3 Å². The van der Waals surface area contributed by atoms with Crippen molar-refractivity contribution in [3.8, 4) is 0 Å². The van der Waals surface area contributed by atoms with Crippen LogP contribution in [0.5, 0.6) is 0 Å². The van der Waals surface area contributed by atoms with Crippen LogP contribution in [-0.2, 0) is 11.3 Å². The zero-order chi connectivity index (χ0) is 12.0. The Morgan fingerprint density at radius 2 is 2.35 bits per heavy atom. The fraction of sp³-hybridized carbons (Fsp3) is 0.667. The summed E-state index contributed by atoms with van der Waals surface area (Å²) in [5.74, 6) is 0.291. The third-order valence-electron chi connectivity index (χ3n) is 3.93. The molecule has 0 aromatic carbocycles. The van der Waals surface area contributed by atoms with Gasteiger partial charge in [-0.15, -0.1) is 11.3 Å². The first kappa shape index (κ1) is 11.2. The smallest absolute Gasteiger partial charge is 0.224 e. The van der Waals surface area contributed by atoms with Gasteiger partial charge in [-0.25, -0.2) is 4.98 Å². The van der Waals surface area contributed by atoms with Crippen molar-refractivity contribution in [2.24, 2.45) is 0 Å². The van der Waals surface area contributed by atoms with Crippen LogP contribution < -0.4 is 0 Å². The molecule has 3 heterocycles. The molecule has 2 aliphatic heterocycles. The molecular weight excluding hydrogens is 234 g/mol. The van der Waals surface area contributed by atoms with Crippen LogP contribution in [0, 0.1) is 6.92 Å². The number of aryl methyl sites for hydroxylation is 1. The first-order valence-corrected chi connectivity index (χ1v) is 6.94. The Balaban J connectivity index is 1.72. The summed E-state index contributed by atoms with van der Waals surface area (Å²) in [5, 5.41) is 3.25. The number of likely N-dealkylation sites (N-methyl/N-ethyl adjacent to an activating group) is 1. The summed E-state index contributed by atoms with van der Waals surface area (Å²) in [6.07, 6.45) is 1.79. The third kappa shape index (κ3) is 1.87. The third-order valence-corrected chi connectivity index (χ3v) is 4.75. The number of aromatic nitrogens is 1. The van der Waals surface area contributed by atoms with E-state index in [0.717, 1.165) is 30.2 Å². The minimum atomic E-state index is 0.291. The highest BCUT2D eigenvalue weighted by Gasteiger charge is 2.44. The van der Waals surface area contributed by atoms with E-state index in [2.05, 4.69) is 15.3 Å². The van der Waals surface area contributed by atoms with Crippen LogP contribution in [0.2, 0.25) is 0 Å². The van der Waals surface area contributed by atoms with Gasteiger partial charge in [0.05, 0.1) is 10.7 Å². The molecule has 0 bridgehead atoms. The fourth-order valence-electron chi connectivity index (χ4n) is 3.01. The Morgan fingerprint density at radius 1 is 1.53 bits per heavy atom. The first-order chi connectivity index (χ1) is 8.15. The molecule has 0 radical (unpaired) electrons. The van der Waals surface area contributed by atoms with Crippen LogP contribution in [-0.4, -0.2) is 46.4 Å². The van der Waals surface area contributed by atoms with E-state index in [1.165, 1.54) is 0 Å². The summed E-state index contributed by atoms with van der Waals surface area (Å²) in [6.45, 7) is 4.02. The van der Waals surface area contributed by atoms with Crippen LogP contribution in [0.4, 0.5) is 0 Å². The first-order valence-electron chi connectivity index (χ1n) is 6.06. The molecule has 1 aromatic rings. The van der Waals surface area contributed by atoms with Gasteiger partial charge < -0.3 is 4.90 Å². The van der Waals surface area contributed by atoms with Crippen molar-refractivity contribution in [2.45, 2.75) is 38.4 Å². The van der Waals surface area contributed by atoms with Crippen molar-refractivity contribution in [3.63, 3.8) is 0 Å². The molecule has 2 fully saturated rings. The molecular formula is C12H17N3OS. The molecule has 5 heteroatoms. The molecule has 3 rings (SSSR count). The van der Waals surface area contributed by atoms with Gasteiger partial charge in [0.25, 0.3) is 0 Å². The summed E-state index contributed by atoms with van der Waals surface area (Å²) in [5.41, 5.74) is 1.15. The lowest BCUT2D eigenvalue weighted by molar-refractivity contribution is -0.127. The van der Waals surface area contributed by atoms with E-state index in [4.69, 9.17) is 0 Å². The normalized spacial score (nSPS) is 29.1. The van der Waals surface area contributed by atoms with Gasteiger partial charge in [0.15, 0.2) is 0 Å². The fourth-order valence-corrected chi connectivity index (χ4v) is 3.61. The lowest BCUT2D eigenvalue weighted by Gasteiger charge is -2.22. The van der Waals surface area contributed by atoms with Crippen molar-refractivity contribution in [2.75, 3.05) is 13.6 Å². The van der Waals surface area contributed by atoms with Gasteiger partial charge in [-0.2, -0.15) is 0 Å². The van der Waals surface area contributed by atoms with Crippen molar-refractivity contribution >= 4 is 17.2 Å². The van der Waals surface area contributed by atoms with Crippen molar-refractivity contribution in [3.05, 3.63) is 16.1 Å². The molecule has 17 heavy (non-hydrogen) atoms. The van der Waals surface area contributed by atoms with E-state index in [1.807, 2.05) is 18.9 Å². The Morgan fingerprint density at radius 3 is 3.06 bits per heavy atom. The summed E-state index contributed by atoms with van der Waals surface area (Å²) >= 11 is 1.70. The van der Waals surface area contributed by atoms with Crippen LogP contribution in [0.25, 0.3) is 0 Å². The number of rotatable bonds is 2. The zero-order valence-electron chi connectivity index (χ0n) is 10.2. The summed E-state index contributed by atoms with van der Waals surface area (Å²) in [7, 11) is 1.93. The second kappa shape index (κ2) is 4.07. The molecule has 2 aliphatic rings. The maximum atomic E-state index is 11.7. The molecule has 2 atom stereocenters. The number of hydrogen-bond acceptors (Lipinski definition) is 4. The highest BCUT2D eigenvalue weighted by atomic mass is 32.1. The molecule has 0 N–H and O–H groups in total. The largest absolute Gasteiger partial charge is 0.341 e. The second-order valence-corrected chi connectivity index (χ2v) is 6.02. The number of carbonyl (C=O) groups excluding carboxylic acids is 1. The SMILES string of the molecule is Cc1nc(CN2CC[C@H]3[C@@H]2CC(=O)N3C)cs1. The second-order valence-electron chi connectivity index (χ2n) is 4.96. The van der Waals surface area contributed by atoms with E-state index in [9.17, 15) is 4.79 Å². The molecule has 0 aliphatic carbocycles. The van der Waals surface area contributed by atoms with E-state index >= 15 is 0 Å². The molecule has 1 amide bonds. The van der Waals surface area contributed by atoms with Crippen molar-refractivity contribution in [1.82, 2.24) is 14.8 Å². The topological polar surface area (TPSA) is 36.4 Å². The van der Waals surface area contributed by atoms with Crippen LogP contribution in [0.15, 0.2) is 5.38 Å². The average Bonchev–Trinajstić information content (AvgIpc) is 2.92. The van der Waals surface area contributed by atoms with Gasteiger partial charge in [-0.1, -0.05) is 0 Å². The molecule has 0 unspecified atom stereocenters. The van der Waals surface area contributed by atoms with E-state index in [1.54, 1.807) is 11.3 Å². The van der Waals surface area contributed by atoms with Gasteiger partial charge in [-0.05, 0) is 13.3 Å². The average molecular weight is 251 g/mol. The Kier molecular flexibility index (Phi) is 2.67.